The van der Waals surface area contributed by atoms with Crippen LogP contribution >= 0.6 is 0 Å². The molecule has 0 radical (unpaired) electrons. The minimum atomic E-state index is -0.272. The Kier molecular flexibility index (Phi) is 8.56. The molecule has 0 aromatic heterocycles. The van der Waals surface area contributed by atoms with E-state index in [1.807, 2.05) is 0 Å². The van der Waals surface area contributed by atoms with Crippen LogP contribution in [-0.2, 0) is 4.74 Å². The molecule has 1 fully saturated rings. The Morgan fingerprint density at radius 2 is 2.00 bits per heavy atom. The number of β-amino-alcohol motifs (C(OH)–C–C–N with tert-alkyl or cyclic N) is 1. The van der Waals surface area contributed by atoms with Crippen LogP contribution in [0.25, 0.3) is 0 Å². The van der Waals surface area contributed by atoms with Gasteiger partial charge in [0.05, 0.1) is 19.3 Å². The summed E-state index contributed by atoms with van der Waals surface area (Å²) in [5, 5.41) is 21.5. The van der Waals surface area contributed by atoms with Gasteiger partial charge in [0, 0.05) is 19.7 Å². The van der Waals surface area contributed by atoms with Crippen LogP contribution in [0.5, 0.6) is 0 Å². The molecule has 1 unspecified atom stereocenters. The second kappa shape index (κ2) is 9.79. The quantitative estimate of drug-likeness (QED) is 0.451. The van der Waals surface area contributed by atoms with Crippen molar-refractivity contribution in [3.8, 4) is 0 Å². The maximum absolute atomic E-state index is 9.78. The molecule has 0 spiro atoms. The summed E-state index contributed by atoms with van der Waals surface area (Å²) in [6.07, 6.45) is 3.17. The van der Waals surface area contributed by atoms with Crippen LogP contribution in [0.2, 0.25) is 0 Å². The van der Waals surface area contributed by atoms with Crippen LogP contribution in [0.4, 0.5) is 0 Å². The minimum absolute atomic E-state index is 0.0853. The monoisotopic (exact) mass is 246 g/mol. The Balaban J connectivity index is 1.84. The molecule has 0 amide bonds. The lowest BCUT2D eigenvalue weighted by Gasteiger charge is -2.19. The summed E-state index contributed by atoms with van der Waals surface area (Å²) in [6.45, 7) is 5.71. The molecular weight excluding hydrogens is 220 g/mol. The van der Waals surface area contributed by atoms with Crippen LogP contribution in [0.15, 0.2) is 0 Å². The van der Waals surface area contributed by atoms with Crippen LogP contribution in [-0.4, -0.2) is 73.8 Å². The summed E-state index contributed by atoms with van der Waals surface area (Å²) in [7, 11) is 0. The van der Waals surface area contributed by atoms with Crippen LogP contribution in [0.1, 0.15) is 19.3 Å². The third-order valence-electron chi connectivity index (χ3n) is 2.93. The summed E-state index contributed by atoms with van der Waals surface area (Å²) >= 11 is 0. The van der Waals surface area contributed by atoms with Gasteiger partial charge in [0.15, 0.2) is 0 Å². The van der Waals surface area contributed by atoms with E-state index < -0.39 is 0 Å². The number of nitrogens with one attached hydrogen (secondary N) is 1. The van der Waals surface area contributed by atoms with Crippen molar-refractivity contribution < 1.29 is 14.9 Å². The number of ether oxygens (including phenoxy) is 1. The van der Waals surface area contributed by atoms with E-state index in [-0.39, 0.29) is 12.7 Å². The van der Waals surface area contributed by atoms with Crippen molar-refractivity contribution in [1.82, 2.24) is 10.2 Å². The first-order valence-corrected chi connectivity index (χ1v) is 6.62. The molecule has 1 heterocycles. The third kappa shape index (κ3) is 7.68. The fourth-order valence-electron chi connectivity index (χ4n) is 2.06. The van der Waals surface area contributed by atoms with Gasteiger partial charge in [0.2, 0.25) is 0 Å². The van der Waals surface area contributed by atoms with Crippen molar-refractivity contribution in [3.05, 3.63) is 0 Å². The molecule has 0 aromatic carbocycles. The van der Waals surface area contributed by atoms with Crippen molar-refractivity contribution in [1.29, 1.82) is 0 Å². The molecule has 1 atom stereocenters. The maximum atomic E-state index is 9.78. The molecular formula is C12H26N2O3. The predicted molar refractivity (Wildman–Crippen MR) is 67.1 cm³/mol. The molecule has 17 heavy (non-hydrogen) atoms. The van der Waals surface area contributed by atoms with Crippen LogP contribution in [0.3, 0.4) is 0 Å². The first-order chi connectivity index (χ1) is 8.33. The topological polar surface area (TPSA) is 65.0 Å². The molecule has 5 heteroatoms. The molecule has 0 aromatic rings. The van der Waals surface area contributed by atoms with E-state index in [0.717, 1.165) is 32.6 Å². The first kappa shape index (κ1) is 14.9. The molecule has 1 rings (SSSR count). The van der Waals surface area contributed by atoms with Crippen molar-refractivity contribution in [2.75, 3.05) is 52.5 Å². The van der Waals surface area contributed by atoms with Crippen LogP contribution < -0.4 is 5.32 Å². The molecule has 1 aliphatic heterocycles. The first-order valence-electron chi connectivity index (χ1n) is 6.62. The number of nitrogens with zero attached hydrogens (tertiary/aromatic N) is 1. The van der Waals surface area contributed by atoms with Crippen molar-refractivity contribution >= 4 is 0 Å². The highest BCUT2D eigenvalue weighted by atomic mass is 16.5. The smallest absolute Gasteiger partial charge is 0.0791 e. The zero-order valence-corrected chi connectivity index (χ0v) is 10.6. The molecule has 0 aliphatic carbocycles. The lowest BCUT2D eigenvalue weighted by atomic mass is 10.3. The molecule has 0 saturated carbocycles. The highest BCUT2D eigenvalue weighted by Crippen LogP contribution is 2.07. The van der Waals surface area contributed by atoms with Gasteiger partial charge in [-0.3, -0.25) is 0 Å². The Morgan fingerprint density at radius 3 is 2.71 bits per heavy atom. The van der Waals surface area contributed by atoms with E-state index in [9.17, 15) is 5.11 Å². The SMILES string of the molecule is OCCOCCCNCC(O)CN1CCCC1. The number of aliphatic hydroxyl groups is 2. The standard InChI is InChI=1S/C12H26N2O3/c15-7-9-17-8-3-4-13-10-12(16)11-14-5-1-2-6-14/h12-13,15-16H,1-11H2. The average Bonchev–Trinajstić information content (AvgIpc) is 2.80. The number of aliphatic hydroxyl groups excluding tert-OH is 2. The predicted octanol–water partition coefficient (Wildman–Crippen LogP) is -0.568. The zero-order chi connectivity index (χ0) is 12.3. The molecule has 102 valence electrons. The fourth-order valence-corrected chi connectivity index (χ4v) is 2.06. The lowest BCUT2D eigenvalue weighted by Crippen LogP contribution is -2.37. The largest absolute Gasteiger partial charge is 0.394 e. The number of rotatable bonds is 10. The molecule has 1 aliphatic rings. The van der Waals surface area contributed by atoms with E-state index >= 15 is 0 Å². The summed E-state index contributed by atoms with van der Waals surface area (Å²) < 4.78 is 5.14. The second-order valence-electron chi connectivity index (χ2n) is 4.56. The van der Waals surface area contributed by atoms with E-state index in [2.05, 4.69) is 10.2 Å². The Hall–Kier alpha value is -0.200. The number of hydrogen-bond acceptors (Lipinski definition) is 5. The highest BCUT2D eigenvalue weighted by Gasteiger charge is 2.14. The second-order valence-corrected chi connectivity index (χ2v) is 4.56. The van der Waals surface area contributed by atoms with Gasteiger partial charge in [-0.2, -0.15) is 0 Å². The van der Waals surface area contributed by atoms with Gasteiger partial charge in [-0.1, -0.05) is 0 Å². The van der Waals surface area contributed by atoms with Gasteiger partial charge in [-0.15, -0.1) is 0 Å². The zero-order valence-electron chi connectivity index (χ0n) is 10.6. The van der Waals surface area contributed by atoms with Gasteiger partial charge in [0.1, 0.15) is 0 Å². The van der Waals surface area contributed by atoms with Gasteiger partial charge >= 0.3 is 0 Å². The molecule has 0 bridgehead atoms. The molecule has 1 saturated heterocycles. The lowest BCUT2D eigenvalue weighted by molar-refractivity contribution is 0.0890. The summed E-state index contributed by atoms with van der Waals surface area (Å²) in [4.78, 5) is 2.32. The number of likely N-dealkylation sites (tertiary alicyclic amines) is 1. The summed E-state index contributed by atoms with van der Waals surface area (Å²) in [6, 6.07) is 0. The van der Waals surface area contributed by atoms with Crippen molar-refractivity contribution in [3.63, 3.8) is 0 Å². The normalized spacial score (nSPS) is 18.7. The minimum Gasteiger partial charge on any atom is -0.394 e. The fraction of sp³-hybridized carbons (Fsp3) is 1.00. The Bertz CT molecular complexity index is 175. The summed E-state index contributed by atoms with van der Waals surface area (Å²) in [5.74, 6) is 0. The Labute approximate surface area is 104 Å². The van der Waals surface area contributed by atoms with Crippen molar-refractivity contribution in [2.45, 2.75) is 25.4 Å². The molecule has 3 N–H and O–H groups in total. The van der Waals surface area contributed by atoms with Gasteiger partial charge in [0.25, 0.3) is 0 Å². The Morgan fingerprint density at radius 1 is 1.24 bits per heavy atom. The highest BCUT2D eigenvalue weighted by molar-refractivity contribution is 4.71. The van der Waals surface area contributed by atoms with Crippen LogP contribution in [0, 0.1) is 0 Å². The van der Waals surface area contributed by atoms with E-state index in [0.29, 0.717) is 19.8 Å². The van der Waals surface area contributed by atoms with Gasteiger partial charge in [-0.05, 0) is 38.9 Å². The van der Waals surface area contributed by atoms with E-state index in [4.69, 9.17) is 9.84 Å². The third-order valence-corrected chi connectivity index (χ3v) is 2.93. The van der Waals surface area contributed by atoms with E-state index in [1.165, 1.54) is 12.8 Å². The summed E-state index contributed by atoms with van der Waals surface area (Å²) in [5.41, 5.74) is 0. The average molecular weight is 246 g/mol. The molecule has 5 nitrogen and oxygen atoms in total. The van der Waals surface area contributed by atoms with E-state index in [1.54, 1.807) is 0 Å². The van der Waals surface area contributed by atoms with Gasteiger partial charge < -0.3 is 25.2 Å². The maximum Gasteiger partial charge on any atom is 0.0791 e. The van der Waals surface area contributed by atoms with Gasteiger partial charge in [-0.25, -0.2) is 0 Å². The van der Waals surface area contributed by atoms with Crippen molar-refractivity contribution in [2.24, 2.45) is 0 Å². The number of hydrogen-bond donors (Lipinski definition) is 3.